The summed E-state index contributed by atoms with van der Waals surface area (Å²) >= 11 is 3.36. The van der Waals surface area contributed by atoms with Crippen LogP contribution in [0.15, 0.2) is 15.5 Å². The van der Waals surface area contributed by atoms with Gasteiger partial charge in [-0.25, -0.2) is 4.68 Å². The van der Waals surface area contributed by atoms with Crippen LogP contribution in [0.25, 0.3) is 0 Å². The van der Waals surface area contributed by atoms with Crippen LogP contribution in [0.3, 0.4) is 0 Å². The molecule has 0 bridgehead atoms. The van der Waals surface area contributed by atoms with Gasteiger partial charge in [-0.3, -0.25) is 4.79 Å². The quantitative estimate of drug-likeness (QED) is 0.862. The highest BCUT2D eigenvalue weighted by atomic mass is 79.9. The van der Waals surface area contributed by atoms with Gasteiger partial charge in [0, 0.05) is 19.6 Å². The summed E-state index contributed by atoms with van der Waals surface area (Å²) in [5, 5.41) is 7.43. The molecule has 1 heterocycles. The van der Waals surface area contributed by atoms with Crippen LogP contribution in [0.4, 0.5) is 5.69 Å². The molecule has 0 amide bonds. The SMILES string of the molecule is CN(C)CCNc1cnn(CC2CC2)c(=O)c1Br. The van der Waals surface area contributed by atoms with E-state index in [4.69, 9.17) is 0 Å². The van der Waals surface area contributed by atoms with Gasteiger partial charge < -0.3 is 10.2 Å². The fourth-order valence-corrected chi connectivity index (χ4v) is 2.12. The molecular formula is C12H19BrN4O. The summed E-state index contributed by atoms with van der Waals surface area (Å²) in [5.74, 6) is 0.648. The number of anilines is 1. The van der Waals surface area contributed by atoms with E-state index in [1.54, 1.807) is 10.9 Å². The zero-order valence-electron chi connectivity index (χ0n) is 10.8. The van der Waals surface area contributed by atoms with Crippen molar-refractivity contribution in [3.63, 3.8) is 0 Å². The highest BCUT2D eigenvalue weighted by Crippen LogP contribution is 2.30. The summed E-state index contributed by atoms with van der Waals surface area (Å²) in [6, 6.07) is 0. The third kappa shape index (κ3) is 3.55. The number of halogens is 1. The first-order valence-corrected chi connectivity index (χ1v) is 7.01. The average molecular weight is 315 g/mol. The molecular weight excluding hydrogens is 296 g/mol. The van der Waals surface area contributed by atoms with Crippen LogP contribution < -0.4 is 10.9 Å². The van der Waals surface area contributed by atoms with Crippen molar-refractivity contribution in [2.75, 3.05) is 32.5 Å². The van der Waals surface area contributed by atoms with Crippen molar-refractivity contribution in [1.29, 1.82) is 0 Å². The molecule has 0 atom stereocenters. The zero-order valence-corrected chi connectivity index (χ0v) is 12.4. The van der Waals surface area contributed by atoms with Crippen molar-refractivity contribution >= 4 is 21.6 Å². The van der Waals surface area contributed by atoms with Crippen molar-refractivity contribution in [3.05, 3.63) is 21.0 Å². The van der Waals surface area contributed by atoms with Crippen LogP contribution in [0.2, 0.25) is 0 Å². The Kier molecular flexibility index (Phi) is 4.40. The molecule has 0 unspecified atom stereocenters. The zero-order chi connectivity index (χ0) is 13.1. The van der Waals surface area contributed by atoms with Crippen LogP contribution in [-0.2, 0) is 6.54 Å². The van der Waals surface area contributed by atoms with Gasteiger partial charge in [-0.1, -0.05) is 0 Å². The van der Waals surface area contributed by atoms with Crippen LogP contribution in [0.5, 0.6) is 0 Å². The Morgan fingerprint density at radius 3 is 2.89 bits per heavy atom. The summed E-state index contributed by atoms with van der Waals surface area (Å²) in [4.78, 5) is 14.1. The topological polar surface area (TPSA) is 50.2 Å². The van der Waals surface area contributed by atoms with Gasteiger partial charge in [0.05, 0.1) is 11.9 Å². The van der Waals surface area contributed by atoms with E-state index in [9.17, 15) is 4.79 Å². The number of nitrogens with one attached hydrogen (secondary N) is 1. The molecule has 1 fully saturated rings. The molecule has 0 spiro atoms. The van der Waals surface area contributed by atoms with Gasteiger partial charge in [-0.15, -0.1) is 0 Å². The van der Waals surface area contributed by atoms with Crippen LogP contribution in [0.1, 0.15) is 12.8 Å². The maximum absolute atomic E-state index is 12.1. The maximum Gasteiger partial charge on any atom is 0.283 e. The third-order valence-corrected chi connectivity index (χ3v) is 3.75. The highest BCUT2D eigenvalue weighted by molar-refractivity contribution is 9.10. The Labute approximate surface area is 115 Å². The smallest absolute Gasteiger partial charge is 0.283 e. The molecule has 0 aliphatic heterocycles. The first-order chi connectivity index (χ1) is 8.58. The molecule has 18 heavy (non-hydrogen) atoms. The molecule has 1 aromatic heterocycles. The van der Waals surface area contributed by atoms with E-state index in [2.05, 4.69) is 31.2 Å². The minimum atomic E-state index is -0.0447. The molecule has 1 N–H and O–H groups in total. The van der Waals surface area contributed by atoms with Crippen LogP contribution in [0, 0.1) is 5.92 Å². The predicted octanol–water partition coefficient (Wildman–Crippen LogP) is 1.39. The number of hydrogen-bond donors (Lipinski definition) is 1. The summed E-state index contributed by atoms with van der Waals surface area (Å²) in [6.07, 6.45) is 4.16. The molecule has 1 aliphatic rings. The largest absolute Gasteiger partial charge is 0.381 e. The van der Waals surface area contributed by atoms with E-state index >= 15 is 0 Å². The fourth-order valence-electron chi connectivity index (χ4n) is 1.68. The van der Waals surface area contributed by atoms with Crippen LogP contribution >= 0.6 is 15.9 Å². The van der Waals surface area contributed by atoms with E-state index in [-0.39, 0.29) is 5.56 Å². The summed E-state index contributed by atoms with van der Waals surface area (Å²) in [5.41, 5.74) is 0.727. The molecule has 1 aliphatic carbocycles. The van der Waals surface area contributed by atoms with E-state index in [0.717, 1.165) is 25.3 Å². The summed E-state index contributed by atoms with van der Waals surface area (Å²) in [7, 11) is 4.03. The monoisotopic (exact) mass is 314 g/mol. The number of aromatic nitrogens is 2. The molecule has 5 nitrogen and oxygen atoms in total. The van der Waals surface area contributed by atoms with Crippen molar-refractivity contribution in [1.82, 2.24) is 14.7 Å². The Hall–Kier alpha value is -0.880. The number of hydrogen-bond acceptors (Lipinski definition) is 4. The van der Waals surface area contributed by atoms with Crippen molar-refractivity contribution in [3.8, 4) is 0 Å². The second-order valence-corrected chi connectivity index (χ2v) is 5.83. The third-order valence-electron chi connectivity index (χ3n) is 2.99. The minimum absolute atomic E-state index is 0.0447. The minimum Gasteiger partial charge on any atom is -0.381 e. The lowest BCUT2D eigenvalue weighted by molar-refractivity contribution is 0.425. The van der Waals surface area contributed by atoms with Gasteiger partial charge in [-0.2, -0.15) is 5.10 Å². The van der Waals surface area contributed by atoms with Crippen molar-refractivity contribution in [2.45, 2.75) is 19.4 Å². The Balaban J connectivity index is 2.03. The second kappa shape index (κ2) is 5.84. The van der Waals surface area contributed by atoms with Gasteiger partial charge >= 0.3 is 0 Å². The van der Waals surface area contributed by atoms with Crippen molar-refractivity contribution in [2.24, 2.45) is 5.92 Å². The van der Waals surface area contributed by atoms with E-state index in [1.165, 1.54) is 12.8 Å². The number of likely N-dealkylation sites (N-methyl/N-ethyl adjacent to an activating group) is 1. The van der Waals surface area contributed by atoms with Crippen molar-refractivity contribution < 1.29 is 0 Å². The van der Waals surface area contributed by atoms with Gasteiger partial charge in [0.15, 0.2) is 0 Å². The standard InChI is InChI=1S/C12H19BrN4O/c1-16(2)6-5-14-10-7-15-17(8-9-3-4-9)12(18)11(10)13/h7,9,14H,3-6,8H2,1-2H3. The normalized spacial score (nSPS) is 15.1. The van der Waals surface area contributed by atoms with E-state index in [0.29, 0.717) is 10.4 Å². The predicted molar refractivity (Wildman–Crippen MR) is 76.0 cm³/mol. The van der Waals surface area contributed by atoms with Crippen LogP contribution in [-0.4, -0.2) is 41.9 Å². The lowest BCUT2D eigenvalue weighted by Gasteiger charge is -2.13. The molecule has 0 saturated heterocycles. The summed E-state index contributed by atoms with van der Waals surface area (Å²) < 4.78 is 2.13. The Bertz CT molecular complexity index is 468. The second-order valence-electron chi connectivity index (χ2n) is 5.03. The summed E-state index contributed by atoms with van der Waals surface area (Å²) in [6.45, 7) is 2.45. The number of nitrogens with zero attached hydrogens (tertiary/aromatic N) is 3. The first kappa shape index (κ1) is 13.5. The van der Waals surface area contributed by atoms with Gasteiger partial charge in [-0.05, 0) is 48.8 Å². The Morgan fingerprint density at radius 2 is 2.28 bits per heavy atom. The molecule has 2 rings (SSSR count). The average Bonchev–Trinajstić information content (AvgIpc) is 3.11. The number of rotatable bonds is 6. The van der Waals surface area contributed by atoms with Gasteiger partial charge in [0.25, 0.3) is 5.56 Å². The van der Waals surface area contributed by atoms with E-state index in [1.807, 2.05) is 14.1 Å². The first-order valence-electron chi connectivity index (χ1n) is 6.22. The Morgan fingerprint density at radius 1 is 1.56 bits per heavy atom. The molecule has 6 heteroatoms. The molecule has 0 radical (unpaired) electrons. The fraction of sp³-hybridized carbons (Fsp3) is 0.667. The maximum atomic E-state index is 12.1. The molecule has 0 aromatic carbocycles. The van der Waals surface area contributed by atoms with E-state index < -0.39 is 0 Å². The molecule has 1 saturated carbocycles. The van der Waals surface area contributed by atoms with Gasteiger partial charge in [0.1, 0.15) is 4.47 Å². The molecule has 1 aromatic rings. The lowest BCUT2D eigenvalue weighted by Crippen LogP contribution is -2.26. The lowest BCUT2D eigenvalue weighted by atomic mass is 10.4. The van der Waals surface area contributed by atoms with Gasteiger partial charge in [0.2, 0.25) is 0 Å². The molecule has 100 valence electrons. The highest BCUT2D eigenvalue weighted by Gasteiger charge is 2.23.